The van der Waals surface area contributed by atoms with Gasteiger partial charge in [-0.25, -0.2) is 13.8 Å². The second kappa shape index (κ2) is 13.3. The van der Waals surface area contributed by atoms with Gasteiger partial charge < -0.3 is 25.5 Å². The second-order valence-corrected chi connectivity index (χ2v) is 8.48. The summed E-state index contributed by atoms with van der Waals surface area (Å²) >= 11 is 0. The minimum absolute atomic E-state index is 0.0278. The number of hydrogen-bond acceptors (Lipinski definition) is 7. The van der Waals surface area contributed by atoms with Crippen LogP contribution in [0.2, 0.25) is 0 Å². The van der Waals surface area contributed by atoms with E-state index in [1.54, 1.807) is 6.20 Å². The lowest BCUT2D eigenvalue weighted by Gasteiger charge is -2.36. The number of H-pyrrole nitrogens is 1. The molecule has 0 aliphatic carbocycles. The van der Waals surface area contributed by atoms with E-state index in [2.05, 4.69) is 41.2 Å². The third-order valence-electron chi connectivity index (χ3n) is 5.74. The Labute approximate surface area is 200 Å². The summed E-state index contributed by atoms with van der Waals surface area (Å²) in [6, 6.07) is 3.95. The van der Waals surface area contributed by atoms with Crippen LogP contribution in [0.3, 0.4) is 0 Å². The Morgan fingerprint density at radius 3 is 2.53 bits per heavy atom. The van der Waals surface area contributed by atoms with E-state index in [4.69, 9.17) is 15.1 Å². The first kappa shape index (κ1) is 27.7. The van der Waals surface area contributed by atoms with E-state index in [9.17, 15) is 13.9 Å². The molecular formula is C24H38F2N6O2. The van der Waals surface area contributed by atoms with Crippen molar-refractivity contribution in [3.05, 3.63) is 29.5 Å². The van der Waals surface area contributed by atoms with Gasteiger partial charge in [-0.15, -0.1) is 0 Å². The molecule has 8 nitrogen and oxygen atoms in total. The van der Waals surface area contributed by atoms with Gasteiger partial charge >= 0.3 is 0 Å². The van der Waals surface area contributed by atoms with Gasteiger partial charge in [0.1, 0.15) is 17.5 Å². The minimum atomic E-state index is -2.12. The zero-order valence-electron chi connectivity index (χ0n) is 20.6. The van der Waals surface area contributed by atoms with Gasteiger partial charge in [-0.1, -0.05) is 33.6 Å². The van der Waals surface area contributed by atoms with Gasteiger partial charge in [0.05, 0.1) is 31.1 Å². The molecule has 3 rings (SSSR count). The van der Waals surface area contributed by atoms with E-state index in [-0.39, 0.29) is 12.5 Å². The molecule has 2 aromatic rings. The first-order valence-corrected chi connectivity index (χ1v) is 12.0. The Morgan fingerprint density at radius 1 is 1.35 bits per heavy atom. The van der Waals surface area contributed by atoms with Crippen LogP contribution in [0.5, 0.6) is 0 Å². The number of aromatic amines is 1. The number of nitrogens with one attached hydrogen (secondary N) is 3. The van der Waals surface area contributed by atoms with Gasteiger partial charge in [0.2, 0.25) is 6.43 Å². The Hall–Kier alpha value is -2.59. The highest BCUT2D eigenvalue weighted by atomic mass is 19.3. The van der Waals surface area contributed by atoms with Crippen molar-refractivity contribution in [3.8, 4) is 0 Å². The van der Waals surface area contributed by atoms with Crippen LogP contribution in [0.25, 0.3) is 0 Å². The van der Waals surface area contributed by atoms with E-state index < -0.39 is 12.0 Å². The number of anilines is 3. The summed E-state index contributed by atoms with van der Waals surface area (Å²) in [5, 5.41) is 29.8. The molecule has 1 saturated heterocycles. The number of morpholine rings is 1. The quantitative estimate of drug-likeness (QED) is 0.347. The summed E-state index contributed by atoms with van der Waals surface area (Å²) in [7, 11) is 0. The number of aromatic nitrogens is 3. The molecule has 1 atom stereocenters. The van der Waals surface area contributed by atoms with E-state index in [1.165, 1.54) is 13.1 Å². The molecule has 1 aliphatic heterocycles. The van der Waals surface area contributed by atoms with Crippen molar-refractivity contribution in [1.29, 1.82) is 5.41 Å². The molecule has 0 amide bonds. The van der Waals surface area contributed by atoms with Crippen LogP contribution in [0.15, 0.2) is 18.3 Å². The van der Waals surface area contributed by atoms with Crippen molar-refractivity contribution < 1.29 is 18.6 Å². The number of alkyl halides is 2. The third kappa shape index (κ3) is 7.20. The van der Waals surface area contributed by atoms with E-state index in [0.717, 1.165) is 30.8 Å². The molecule has 1 aliphatic rings. The SMILES string of the molecule is CCC(F)F.CCCC(O)(CCC)c1cc(N2CCOCC2C)nc(Nc2ccn[nH]2)c1C=N. The molecule has 0 spiro atoms. The smallest absolute Gasteiger partial charge is 0.238 e. The van der Waals surface area contributed by atoms with E-state index in [1.807, 2.05) is 12.1 Å². The van der Waals surface area contributed by atoms with Gasteiger partial charge in [0, 0.05) is 30.8 Å². The molecule has 4 N–H and O–H groups in total. The molecule has 1 unspecified atom stereocenters. The molecule has 0 aromatic carbocycles. The van der Waals surface area contributed by atoms with Crippen molar-refractivity contribution in [1.82, 2.24) is 15.2 Å². The Morgan fingerprint density at radius 2 is 2.03 bits per heavy atom. The topological polar surface area (TPSA) is 110 Å². The van der Waals surface area contributed by atoms with Crippen molar-refractivity contribution in [2.45, 2.75) is 77.9 Å². The first-order chi connectivity index (χ1) is 16.3. The van der Waals surface area contributed by atoms with Crippen LogP contribution in [0, 0.1) is 5.41 Å². The van der Waals surface area contributed by atoms with E-state index in [0.29, 0.717) is 43.3 Å². The lowest BCUT2D eigenvalue weighted by Crippen LogP contribution is -2.44. The molecule has 2 aromatic heterocycles. The molecular weight excluding hydrogens is 442 g/mol. The van der Waals surface area contributed by atoms with Crippen molar-refractivity contribution in [3.63, 3.8) is 0 Å². The van der Waals surface area contributed by atoms with Crippen LogP contribution < -0.4 is 10.2 Å². The number of rotatable bonds is 10. The van der Waals surface area contributed by atoms with Crippen LogP contribution in [0.4, 0.5) is 26.2 Å². The maximum absolute atomic E-state index is 11.6. The zero-order valence-corrected chi connectivity index (χ0v) is 20.6. The third-order valence-corrected chi connectivity index (χ3v) is 5.74. The van der Waals surface area contributed by atoms with Gasteiger partial charge in [-0.3, -0.25) is 5.10 Å². The fourth-order valence-corrected chi connectivity index (χ4v) is 4.06. The monoisotopic (exact) mass is 480 g/mol. The number of hydrogen-bond donors (Lipinski definition) is 4. The molecule has 0 radical (unpaired) electrons. The van der Waals surface area contributed by atoms with Gasteiger partial charge in [0.15, 0.2) is 0 Å². The van der Waals surface area contributed by atoms with Crippen LogP contribution in [0.1, 0.15) is 70.9 Å². The highest BCUT2D eigenvalue weighted by molar-refractivity contribution is 5.89. The first-order valence-electron chi connectivity index (χ1n) is 12.0. The molecule has 0 saturated carbocycles. The molecule has 10 heteroatoms. The number of aliphatic hydroxyl groups is 1. The highest BCUT2D eigenvalue weighted by Crippen LogP contribution is 2.38. The maximum Gasteiger partial charge on any atom is 0.238 e. The molecule has 34 heavy (non-hydrogen) atoms. The van der Waals surface area contributed by atoms with Gasteiger partial charge in [-0.05, 0) is 31.4 Å². The fourth-order valence-electron chi connectivity index (χ4n) is 4.06. The lowest BCUT2D eigenvalue weighted by molar-refractivity contribution is 0.0168. The Kier molecular flexibility index (Phi) is 10.8. The summed E-state index contributed by atoms with van der Waals surface area (Å²) < 4.78 is 27.1. The molecule has 3 heterocycles. The summed E-state index contributed by atoms with van der Waals surface area (Å²) in [5.74, 6) is 2.02. The predicted octanol–water partition coefficient (Wildman–Crippen LogP) is 5.22. The summed E-state index contributed by atoms with van der Waals surface area (Å²) in [5.41, 5.74) is 0.351. The average Bonchev–Trinajstić information content (AvgIpc) is 3.32. The Bertz CT molecular complexity index is 873. The van der Waals surface area contributed by atoms with Crippen LogP contribution in [-0.2, 0) is 10.3 Å². The second-order valence-electron chi connectivity index (χ2n) is 8.48. The number of nitrogens with zero attached hydrogens (tertiary/aromatic N) is 3. The Balaban J connectivity index is 0.000000739. The minimum Gasteiger partial charge on any atom is -0.385 e. The number of pyridine rings is 1. The van der Waals surface area contributed by atoms with Crippen LogP contribution >= 0.6 is 0 Å². The summed E-state index contributed by atoms with van der Waals surface area (Å²) in [6.45, 7) is 9.72. The summed E-state index contributed by atoms with van der Waals surface area (Å²) in [4.78, 5) is 7.04. The molecule has 0 bridgehead atoms. The number of halogens is 2. The van der Waals surface area contributed by atoms with E-state index >= 15 is 0 Å². The van der Waals surface area contributed by atoms with Crippen molar-refractivity contribution in [2.75, 3.05) is 30.0 Å². The summed E-state index contributed by atoms with van der Waals surface area (Å²) in [6.07, 6.45) is 3.76. The maximum atomic E-state index is 11.6. The highest BCUT2D eigenvalue weighted by Gasteiger charge is 2.33. The van der Waals surface area contributed by atoms with Crippen LogP contribution in [-0.4, -0.2) is 58.7 Å². The molecule has 190 valence electrons. The van der Waals surface area contributed by atoms with Gasteiger partial charge in [0.25, 0.3) is 0 Å². The average molecular weight is 481 g/mol. The van der Waals surface area contributed by atoms with Gasteiger partial charge in [-0.2, -0.15) is 5.10 Å². The predicted molar refractivity (Wildman–Crippen MR) is 132 cm³/mol. The zero-order chi connectivity index (χ0) is 25.1. The largest absolute Gasteiger partial charge is 0.385 e. The fraction of sp³-hybridized carbons (Fsp3) is 0.625. The lowest BCUT2D eigenvalue weighted by atomic mass is 9.83. The van der Waals surface area contributed by atoms with Crippen molar-refractivity contribution >= 4 is 23.7 Å². The normalized spacial score (nSPS) is 16.2. The number of ether oxygens (including phenoxy) is 1. The standard InChI is InChI=1S/C21H32N6O2.C3H6F2/c1-4-7-21(28,8-5-2)17-12-19(27-10-11-29-14-15(27)3)25-20(16(17)13-22)24-18-6-9-23-26-18;1-2-3(4)5/h6,9,12-13,15,22,28H,4-5,7-8,10-11,14H2,1-3H3,(H2,23,24,25,26);3H,2H2,1H3. The molecule has 1 fully saturated rings. The van der Waals surface area contributed by atoms with Crippen molar-refractivity contribution in [2.24, 2.45) is 0 Å².